The molecule has 0 unspecified atom stereocenters. The van der Waals surface area contributed by atoms with Crippen LogP contribution in [0.25, 0.3) is 0 Å². The SMILES string of the molecule is N#Cc1ccncc1OCCCNC(=O)O. The molecular formula is C10H11N3O3. The molecule has 2 N–H and O–H groups in total. The molecule has 6 nitrogen and oxygen atoms in total. The molecule has 1 amide bonds. The Morgan fingerprint density at radius 2 is 2.50 bits per heavy atom. The quantitative estimate of drug-likeness (QED) is 0.723. The summed E-state index contributed by atoms with van der Waals surface area (Å²) in [6.07, 6.45) is 2.45. The van der Waals surface area contributed by atoms with Crippen molar-refractivity contribution in [3.63, 3.8) is 0 Å². The molecule has 84 valence electrons. The van der Waals surface area contributed by atoms with Crippen molar-refractivity contribution >= 4 is 6.09 Å². The highest BCUT2D eigenvalue weighted by molar-refractivity contribution is 5.64. The molecule has 0 aliphatic rings. The molecule has 0 atom stereocenters. The molecular weight excluding hydrogens is 210 g/mol. The highest BCUT2D eigenvalue weighted by Gasteiger charge is 2.01. The van der Waals surface area contributed by atoms with Gasteiger partial charge < -0.3 is 15.2 Å². The number of ether oxygens (including phenoxy) is 1. The first-order valence-electron chi connectivity index (χ1n) is 4.67. The van der Waals surface area contributed by atoms with Crippen molar-refractivity contribution in [1.82, 2.24) is 10.3 Å². The van der Waals surface area contributed by atoms with Crippen molar-refractivity contribution in [2.45, 2.75) is 6.42 Å². The molecule has 0 saturated heterocycles. The monoisotopic (exact) mass is 221 g/mol. The molecule has 0 aliphatic heterocycles. The van der Waals surface area contributed by atoms with Gasteiger partial charge in [-0.25, -0.2) is 4.79 Å². The fourth-order valence-electron chi connectivity index (χ4n) is 1.04. The van der Waals surface area contributed by atoms with Crippen LogP contribution in [0.15, 0.2) is 18.5 Å². The van der Waals surface area contributed by atoms with Crippen LogP contribution in [-0.2, 0) is 0 Å². The van der Waals surface area contributed by atoms with Gasteiger partial charge in [0.15, 0.2) is 5.75 Å². The number of carboxylic acid groups (broad SMARTS) is 1. The Morgan fingerprint density at radius 1 is 1.69 bits per heavy atom. The molecule has 0 saturated carbocycles. The van der Waals surface area contributed by atoms with E-state index < -0.39 is 6.09 Å². The van der Waals surface area contributed by atoms with Gasteiger partial charge in [0.05, 0.1) is 18.4 Å². The minimum Gasteiger partial charge on any atom is -0.491 e. The van der Waals surface area contributed by atoms with Gasteiger partial charge in [0, 0.05) is 12.7 Å². The van der Waals surface area contributed by atoms with Gasteiger partial charge in [-0.2, -0.15) is 5.26 Å². The Balaban J connectivity index is 2.32. The highest BCUT2D eigenvalue weighted by Crippen LogP contribution is 2.14. The van der Waals surface area contributed by atoms with Crippen LogP contribution in [0.2, 0.25) is 0 Å². The number of nitriles is 1. The van der Waals surface area contributed by atoms with Crippen molar-refractivity contribution in [1.29, 1.82) is 5.26 Å². The van der Waals surface area contributed by atoms with Crippen LogP contribution in [0.5, 0.6) is 5.75 Å². The summed E-state index contributed by atoms with van der Waals surface area (Å²) in [6, 6.07) is 3.54. The third kappa shape index (κ3) is 3.84. The predicted molar refractivity (Wildman–Crippen MR) is 55.1 cm³/mol. The van der Waals surface area contributed by atoms with Crippen LogP contribution < -0.4 is 10.1 Å². The average molecular weight is 221 g/mol. The number of carbonyl (C=O) groups is 1. The van der Waals surface area contributed by atoms with Gasteiger partial charge in [-0.1, -0.05) is 0 Å². The molecule has 0 fully saturated rings. The number of hydrogen-bond acceptors (Lipinski definition) is 4. The van der Waals surface area contributed by atoms with Crippen molar-refractivity contribution in [2.75, 3.05) is 13.2 Å². The van der Waals surface area contributed by atoms with E-state index in [4.69, 9.17) is 15.1 Å². The fourth-order valence-corrected chi connectivity index (χ4v) is 1.04. The van der Waals surface area contributed by atoms with Crippen LogP contribution in [0.1, 0.15) is 12.0 Å². The second kappa shape index (κ2) is 6.24. The second-order valence-corrected chi connectivity index (χ2v) is 2.92. The van der Waals surface area contributed by atoms with Crippen molar-refractivity contribution < 1.29 is 14.6 Å². The minimum atomic E-state index is -1.06. The zero-order chi connectivity index (χ0) is 11.8. The molecule has 6 heteroatoms. The topological polar surface area (TPSA) is 95.2 Å². The van der Waals surface area contributed by atoms with E-state index in [1.165, 1.54) is 12.4 Å². The third-order valence-electron chi connectivity index (χ3n) is 1.76. The first kappa shape index (κ1) is 11.8. The Hall–Kier alpha value is -2.29. The molecule has 1 heterocycles. The second-order valence-electron chi connectivity index (χ2n) is 2.92. The number of aromatic nitrogens is 1. The van der Waals surface area contributed by atoms with Crippen LogP contribution in [0.3, 0.4) is 0 Å². The predicted octanol–water partition coefficient (Wildman–Crippen LogP) is 0.990. The van der Waals surface area contributed by atoms with Gasteiger partial charge in [-0.05, 0) is 12.5 Å². The van der Waals surface area contributed by atoms with Gasteiger partial charge in [0.1, 0.15) is 6.07 Å². The molecule has 0 radical (unpaired) electrons. The first-order valence-corrected chi connectivity index (χ1v) is 4.67. The summed E-state index contributed by atoms with van der Waals surface area (Å²) in [5.41, 5.74) is 0.418. The van der Waals surface area contributed by atoms with E-state index >= 15 is 0 Å². The Bertz CT molecular complexity index is 401. The minimum absolute atomic E-state index is 0.317. The lowest BCUT2D eigenvalue weighted by Crippen LogP contribution is -2.23. The summed E-state index contributed by atoms with van der Waals surface area (Å²) in [5, 5.41) is 19.3. The average Bonchev–Trinajstić information content (AvgIpc) is 2.29. The number of amides is 1. The molecule has 1 aromatic rings. The number of pyridine rings is 1. The van der Waals surface area contributed by atoms with Crippen LogP contribution >= 0.6 is 0 Å². The van der Waals surface area contributed by atoms with Gasteiger partial charge >= 0.3 is 6.09 Å². The maximum atomic E-state index is 10.1. The molecule has 0 spiro atoms. The lowest BCUT2D eigenvalue weighted by atomic mass is 10.3. The number of nitrogens with zero attached hydrogens (tertiary/aromatic N) is 2. The van der Waals surface area contributed by atoms with E-state index in [-0.39, 0.29) is 0 Å². The largest absolute Gasteiger partial charge is 0.491 e. The zero-order valence-electron chi connectivity index (χ0n) is 8.51. The standard InChI is InChI=1S/C10H11N3O3/c11-6-8-2-4-12-7-9(8)16-5-1-3-13-10(14)15/h2,4,7,13H,1,3,5H2,(H,14,15). The highest BCUT2D eigenvalue weighted by atomic mass is 16.5. The maximum Gasteiger partial charge on any atom is 0.404 e. The normalized spacial score (nSPS) is 9.19. The summed E-state index contributed by atoms with van der Waals surface area (Å²) in [7, 11) is 0. The Morgan fingerprint density at radius 3 is 3.19 bits per heavy atom. The zero-order valence-corrected chi connectivity index (χ0v) is 8.51. The van der Waals surface area contributed by atoms with E-state index in [9.17, 15) is 4.79 Å². The van der Waals surface area contributed by atoms with Gasteiger partial charge in [-0.3, -0.25) is 4.98 Å². The van der Waals surface area contributed by atoms with E-state index in [1.807, 2.05) is 6.07 Å². The van der Waals surface area contributed by atoms with Crippen LogP contribution in [0.4, 0.5) is 4.79 Å². The number of nitrogens with one attached hydrogen (secondary N) is 1. The van der Waals surface area contributed by atoms with E-state index in [2.05, 4.69) is 10.3 Å². The smallest absolute Gasteiger partial charge is 0.404 e. The van der Waals surface area contributed by atoms with Crippen LogP contribution in [-0.4, -0.2) is 29.3 Å². The van der Waals surface area contributed by atoms with Crippen molar-refractivity contribution in [2.24, 2.45) is 0 Å². The summed E-state index contributed by atoms with van der Waals surface area (Å²) >= 11 is 0. The molecule has 0 aliphatic carbocycles. The summed E-state index contributed by atoms with van der Waals surface area (Å²) in [4.78, 5) is 14.0. The van der Waals surface area contributed by atoms with Crippen LogP contribution in [0, 0.1) is 11.3 Å². The van der Waals surface area contributed by atoms with Gasteiger partial charge in [0.2, 0.25) is 0 Å². The summed E-state index contributed by atoms with van der Waals surface area (Å²) in [5.74, 6) is 0.417. The lowest BCUT2D eigenvalue weighted by Gasteiger charge is -2.06. The van der Waals surface area contributed by atoms with E-state index in [0.717, 1.165) is 0 Å². The Kier molecular flexibility index (Phi) is 4.60. The summed E-state index contributed by atoms with van der Waals surface area (Å²) in [6.45, 7) is 0.651. The lowest BCUT2D eigenvalue weighted by molar-refractivity contribution is 0.193. The molecule has 0 aromatic carbocycles. The van der Waals surface area contributed by atoms with E-state index in [0.29, 0.717) is 30.9 Å². The van der Waals surface area contributed by atoms with Crippen molar-refractivity contribution in [3.8, 4) is 11.8 Å². The summed E-state index contributed by atoms with van der Waals surface area (Å²) < 4.78 is 5.29. The van der Waals surface area contributed by atoms with Gasteiger partial charge in [0.25, 0.3) is 0 Å². The number of rotatable bonds is 5. The number of hydrogen-bond donors (Lipinski definition) is 2. The molecule has 0 bridgehead atoms. The fraction of sp³-hybridized carbons (Fsp3) is 0.300. The molecule has 16 heavy (non-hydrogen) atoms. The van der Waals surface area contributed by atoms with Crippen molar-refractivity contribution in [3.05, 3.63) is 24.0 Å². The third-order valence-corrected chi connectivity index (χ3v) is 1.76. The Labute approximate surface area is 92.5 Å². The van der Waals surface area contributed by atoms with Gasteiger partial charge in [-0.15, -0.1) is 0 Å². The first-order chi connectivity index (χ1) is 7.74. The maximum absolute atomic E-state index is 10.1. The molecule has 1 aromatic heterocycles. The van der Waals surface area contributed by atoms with E-state index in [1.54, 1.807) is 6.07 Å². The molecule has 1 rings (SSSR count).